The van der Waals surface area contributed by atoms with Gasteiger partial charge in [-0.05, 0) is 30.4 Å². The number of pyridine rings is 1. The largest absolute Gasteiger partial charge is 0.348 e. The molecule has 1 fully saturated rings. The maximum atomic E-state index is 6.02. The van der Waals surface area contributed by atoms with Crippen LogP contribution in [0.3, 0.4) is 0 Å². The maximum Gasteiger partial charge on any atom is 0.133 e. The minimum atomic E-state index is 0.525. The molecule has 0 radical (unpaired) electrons. The number of thiophene rings is 1. The van der Waals surface area contributed by atoms with E-state index < -0.39 is 0 Å². The summed E-state index contributed by atoms with van der Waals surface area (Å²) in [5, 5.41) is 2.13. The van der Waals surface area contributed by atoms with Gasteiger partial charge in [0.15, 0.2) is 0 Å². The summed E-state index contributed by atoms with van der Waals surface area (Å²) < 4.78 is 0. The van der Waals surface area contributed by atoms with E-state index in [9.17, 15) is 0 Å². The quantitative estimate of drug-likeness (QED) is 0.767. The topological polar surface area (TPSA) is 16.1 Å². The van der Waals surface area contributed by atoms with Crippen LogP contribution in [-0.2, 0) is 12.4 Å². The molecule has 0 bridgehead atoms. The minimum Gasteiger partial charge on any atom is -0.348 e. The highest BCUT2D eigenvalue weighted by Gasteiger charge is 2.31. The predicted molar refractivity (Wildman–Crippen MR) is 77.3 cm³/mol. The van der Waals surface area contributed by atoms with Crippen molar-refractivity contribution in [1.29, 1.82) is 0 Å². The molecule has 94 valence electrons. The average molecular weight is 279 g/mol. The number of anilines is 1. The van der Waals surface area contributed by atoms with Gasteiger partial charge in [0.25, 0.3) is 0 Å². The molecule has 1 aliphatic rings. The molecular formula is C14H15ClN2S. The Morgan fingerprint density at radius 1 is 1.33 bits per heavy atom. The first-order valence-electron chi connectivity index (χ1n) is 6.17. The van der Waals surface area contributed by atoms with Crippen molar-refractivity contribution in [3.8, 4) is 0 Å². The van der Waals surface area contributed by atoms with Crippen molar-refractivity contribution in [2.75, 3.05) is 4.90 Å². The zero-order chi connectivity index (χ0) is 12.4. The van der Waals surface area contributed by atoms with E-state index >= 15 is 0 Å². The average Bonchev–Trinajstić information content (AvgIpc) is 3.13. The Morgan fingerprint density at radius 2 is 2.22 bits per heavy atom. The molecule has 0 spiro atoms. The van der Waals surface area contributed by atoms with E-state index in [4.69, 9.17) is 11.6 Å². The fourth-order valence-electron chi connectivity index (χ4n) is 2.13. The predicted octanol–water partition coefficient (Wildman–Crippen LogP) is 4.05. The summed E-state index contributed by atoms with van der Waals surface area (Å²) in [6.07, 6.45) is 4.39. The zero-order valence-electron chi connectivity index (χ0n) is 10.1. The molecule has 0 aliphatic heterocycles. The zero-order valence-corrected chi connectivity index (χ0v) is 11.6. The van der Waals surface area contributed by atoms with Crippen molar-refractivity contribution in [2.45, 2.75) is 31.3 Å². The fourth-order valence-corrected chi connectivity index (χ4v) is 3.04. The molecule has 0 N–H and O–H groups in total. The Balaban J connectivity index is 1.89. The lowest BCUT2D eigenvalue weighted by atomic mass is 10.2. The molecule has 4 heteroatoms. The van der Waals surface area contributed by atoms with E-state index in [2.05, 4.69) is 33.5 Å². The van der Waals surface area contributed by atoms with Gasteiger partial charge in [-0.1, -0.05) is 12.1 Å². The smallest absolute Gasteiger partial charge is 0.133 e. The second kappa shape index (κ2) is 5.29. The summed E-state index contributed by atoms with van der Waals surface area (Å²) in [4.78, 5) is 8.33. The van der Waals surface area contributed by atoms with Gasteiger partial charge in [-0.3, -0.25) is 0 Å². The molecule has 2 heterocycles. The highest BCUT2D eigenvalue weighted by Crippen LogP contribution is 2.34. The Bertz CT molecular complexity index is 508. The van der Waals surface area contributed by atoms with Gasteiger partial charge in [0.05, 0.1) is 12.4 Å². The van der Waals surface area contributed by atoms with E-state index in [1.807, 2.05) is 12.3 Å². The van der Waals surface area contributed by atoms with Crippen LogP contribution in [-0.4, -0.2) is 11.0 Å². The second-order valence-electron chi connectivity index (χ2n) is 4.56. The van der Waals surface area contributed by atoms with E-state index in [0.717, 1.165) is 17.9 Å². The van der Waals surface area contributed by atoms with Gasteiger partial charge < -0.3 is 4.90 Å². The number of nitrogens with zero attached hydrogens (tertiary/aromatic N) is 2. The standard InChI is InChI=1S/C14H15ClN2S/c15-9-11-3-1-7-16-14(11)17(12-5-6-12)10-13-4-2-8-18-13/h1-4,7-8,12H,5-6,9-10H2. The lowest BCUT2D eigenvalue weighted by molar-refractivity contribution is 0.781. The molecule has 18 heavy (non-hydrogen) atoms. The third-order valence-electron chi connectivity index (χ3n) is 3.18. The molecule has 0 unspecified atom stereocenters. The number of hydrogen-bond donors (Lipinski definition) is 0. The Labute approximate surface area is 116 Å². The summed E-state index contributed by atoms with van der Waals surface area (Å²) in [5.74, 6) is 1.58. The van der Waals surface area contributed by atoms with Crippen molar-refractivity contribution in [1.82, 2.24) is 4.98 Å². The molecule has 2 aromatic rings. The van der Waals surface area contributed by atoms with E-state index in [-0.39, 0.29) is 0 Å². The molecule has 2 nitrogen and oxygen atoms in total. The molecule has 0 atom stereocenters. The lowest BCUT2D eigenvalue weighted by Crippen LogP contribution is -2.26. The van der Waals surface area contributed by atoms with Crippen molar-refractivity contribution in [3.63, 3.8) is 0 Å². The Morgan fingerprint density at radius 3 is 2.89 bits per heavy atom. The Kier molecular flexibility index (Phi) is 3.52. The first-order valence-corrected chi connectivity index (χ1v) is 7.59. The molecule has 0 amide bonds. The third kappa shape index (κ3) is 2.52. The van der Waals surface area contributed by atoms with Crippen molar-refractivity contribution in [3.05, 3.63) is 46.3 Å². The van der Waals surface area contributed by atoms with Crippen LogP contribution >= 0.6 is 22.9 Å². The highest BCUT2D eigenvalue weighted by molar-refractivity contribution is 7.09. The first kappa shape index (κ1) is 12.0. The fraction of sp³-hybridized carbons (Fsp3) is 0.357. The second-order valence-corrected chi connectivity index (χ2v) is 5.86. The van der Waals surface area contributed by atoms with Gasteiger partial charge in [-0.25, -0.2) is 4.98 Å². The number of rotatable bonds is 5. The summed E-state index contributed by atoms with van der Waals surface area (Å²) in [5.41, 5.74) is 1.13. The van der Waals surface area contributed by atoms with E-state index in [1.165, 1.54) is 17.7 Å². The van der Waals surface area contributed by atoms with Gasteiger partial charge in [-0.15, -0.1) is 22.9 Å². The van der Waals surface area contributed by atoms with Crippen LogP contribution in [0.4, 0.5) is 5.82 Å². The van der Waals surface area contributed by atoms with Crippen LogP contribution in [0.2, 0.25) is 0 Å². The lowest BCUT2D eigenvalue weighted by Gasteiger charge is -2.24. The van der Waals surface area contributed by atoms with Gasteiger partial charge in [-0.2, -0.15) is 0 Å². The molecule has 0 aromatic carbocycles. The molecular weight excluding hydrogens is 264 g/mol. The van der Waals surface area contributed by atoms with Gasteiger partial charge >= 0.3 is 0 Å². The minimum absolute atomic E-state index is 0.525. The van der Waals surface area contributed by atoms with Crippen molar-refractivity contribution < 1.29 is 0 Å². The maximum absolute atomic E-state index is 6.02. The van der Waals surface area contributed by atoms with Crippen molar-refractivity contribution >= 4 is 28.8 Å². The number of aromatic nitrogens is 1. The first-order chi connectivity index (χ1) is 8.88. The SMILES string of the molecule is ClCc1cccnc1N(Cc1cccs1)C1CC1. The van der Waals surface area contributed by atoms with E-state index in [0.29, 0.717) is 11.9 Å². The van der Waals surface area contributed by atoms with Crippen LogP contribution in [0.15, 0.2) is 35.8 Å². The summed E-state index contributed by atoms with van der Waals surface area (Å²) in [6, 6.07) is 8.95. The monoisotopic (exact) mass is 278 g/mol. The van der Waals surface area contributed by atoms with Gasteiger partial charge in [0, 0.05) is 22.7 Å². The number of halogens is 1. The molecule has 1 saturated carbocycles. The molecule has 3 rings (SSSR count). The van der Waals surface area contributed by atoms with Gasteiger partial charge in [0.1, 0.15) is 5.82 Å². The normalized spacial score (nSPS) is 14.7. The third-order valence-corrected chi connectivity index (χ3v) is 4.33. The Hall–Kier alpha value is -1.06. The van der Waals surface area contributed by atoms with Crippen LogP contribution in [0.25, 0.3) is 0 Å². The van der Waals surface area contributed by atoms with Crippen LogP contribution in [0.5, 0.6) is 0 Å². The molecule has 0 saturated heterocycles. The number of hydrogen-bond acceptors (Lipinski definition) is 3. The summed E-state index contributed by atoms with van der Waals surface area (Å²) in [6.45, 7) is 0.948. The van der Waals surface area contributed by atoms with Crippen LogP contribution < -0.4 is 4.90 Å². The molecule has 2 aromatic heterocycles. The van der Waals surface area contributed by atoms with Crippen molar-refractivity contribution in [2.24, 2.45) is 0 Å². The number of alkyl halides is 1. The van der Waals surface area contributed by atoms with Crippen LogP contribution in [0, 0.1) is 0 Å². The van der Waals surface area contributed by atoms with Gasteiger partial charge in [0.2, 0.25) is 0 Å². The highest BCUT2D eigenvalue weighted by atomic mass is 35.5. The summed E-state index contributed by atoms with van der Waals surface area (Å²) in [7, 11) is 0. The summed E-state index contributed by atoms with van der Waals surface area (Å²) >= 11 is 7.82. The van der Waals surface area contributed by atoms with Crippen LogP contribution in [0.1, 0.15) is 23.3 Å². The van der Waals surface area contributed by atoms with E-state index in [1.54, 1.807) is 11.3 Å². The molecule has 1 aliphatic carbocycles.